The molecule has 0 N–H and O–H groups in total. The lowest BCUT2D eigenvalue weighted by atomic mass is 9.49. The summed E-state index contributed by atoms with van der Waals surface area (Å²) >= 11 is 0. The van der Waals surface area contributed by atoms with Crippen molar-refractivity contribution in [1.29, 1.82) is 0 Å². The van der Waals surface area contributed by atoms with Gasteiger partial charge in [-0.3, -0.25) is 4.99 Å². The molecule has 0 heterocycles. The van der Waals surface area contributed by atoms with E-state index in [0.717, 1.165) is 17.8 Å². The number of hydrogen-bond donors (Lipinski definition) is 0. The first-order valence-electron chi connectivity index (χ1n) is 5.08. The number of hydrogen-bond acceptors (Lipinski definition) is 1. The highest BCUT2D eigenvalue weighted by molar-refractivity contribution is 5.93. The van der Waals surface area contributed by atoms with Gasteiger partial charge in [0.1, 0.15) is 0 Å². The van der Waals surface area contributed by atoms with E-state index in [-0.39, 0.29) is 0 Å². The molecule has 0 bridgehead atoms. The average Bonchev–Trinajstić information content (AvgIpc) is 2.39. The SMILES string of the molecule is C/N=C1/CC[C@H]2C(C)C(C)[C@]12C. The number of nitrogens with zero attached hydrogens (tertiary/aromatic N) is 1. The zero-order valence-corrected chi connectivity index (χ0v) is 8.59. The fourth-order valence-corrected chi connectivity index (χ4v) is 3.61. The van der Waals surface area contributed by atoms with Gasteiger partial charge >= 0.3 is 0 Å². The predicted octanol–water partition coefficient (Wildman–Crippen LogP) is 2.76. The monoisotopic (exact) mass is 165 g/mol. The molecular weight excluding hydrogens is 146 g/mol. The summed E-state index contributed by atoms with van der Waals surface area (Å²) in [7, 11) is 1.96. The smallest absolute Gasteiger partial charge is 0.0276 e. The molecule has 1 nitrogen and oxygen atoms in total. The highest BCUT2D eigenvalue weighted by atomic mass is 14.8. The Bertz CT molecular complexity index is 231. The van der Waals surface area contributed by atoms with Crippen molar-refractivity contribution < 1.29 is 0 Å². The van der Waals surface area contributed by atoms with Gasteiger partial charge in [0, 0.05) is 18.2 Å². The summed E-state index contributed by atoms with van der Waals surface area (Å²) in [6, 6.07) is 0. The lowest BCUT2D eigenvalue weighted by Gasteiger charge is -2.54. The maximum atomic E-state index is 4.44. The largest absolute Gasteiger partial charge is 0.297 e. The maximum Gasteiger partial charge on any atom is 0.0276 e. The van der Waals surface area contributed by atoms with E-state index in [1.165, 1.54) is 18.6 Å². The Hall–Kier alpha value is -0.330. The van der Waals surface area contributed by atoms with Gasteiger partial charge in [-0.15, -0.1) is 0 Å². The van der Waals surface area contributed by atoms with Crippen LogP contribution in [0, 0.1) is 23.2 Å². The third-order valence-corrected chi connectivity index (χ3v) is 4.72. The van der Waals surface area contributed by atoms with Crippen LogP contribution in [0.1, 0.15) is 33.6 Å². The zero-order valence-electron chi connectivity index (χ0n) is 8.59. The third-order valence-electron chi connectivity index (χ3n) is 4.72. The fourth-order valence-electron chi connectivity index (χ4n) is 3.61. The van der Waals surface area contributed by atoms with Crippen LogP contribution in [0.4, 0.5) is 0 Å². The molecule has 2 aliphatic rings. The third kappa shape index (κ3) is 0.681. The molecule has 4 atom stereocenters. The molecule has 0 aromatic carbocycles. The summed E-state index contributed by atoms with van der Waals surface area (Å²) in [5, 5.41) is 0. The Kier molecular flexibility index (Phi) is 1.61. The van der Waals surface area contributed by atoms with Gasteiger partial charge in [0.2, 0.25) is 0 Å². The quantitative estimate of drug-likeness (QED) is 0.523. The van der Waals surface area contributed by atoms with Crippen molar-refractivity contribution in [3.63, 3.8) is 0 Å². The molecule has 12 heavy (non-hydrogen) atoms. The van der Waals surface area contributed by atoms with Crippen molar-refractivity contribution in [2.75, 3.05) is 7.05 Å². The second-order valence-electron chi connectivity index (χ2n) is 4.75. The maximum absolute atomic E-state index is 4.44. The van der Waals surface area contributed by atoms with Crippen LogP contribution in [0.3, 0.4) is 0 Å². The van der Waals surface area contributed by atoms with Crippen molar-refractivity contribution in [2.24, 2.45) is 28.2 Å². The first-order chi connectivity index (χ1) is 5.62. The van der Waals surface area contributed by atoms with E-state index < -0.39 is 0 Å². The minimum absolute atomic E-state index is 0.480. The van der Waals surface area contributed by atoms with Crippen LogP contribution in [0.5, 0.6) is 0 Å². The highest BCUT2D eigenvalue weighted by Crippen LogP contribution is 2.62. The van der Waals surface area contributed by atoms with Crippen LogP contribution in [0.25, 0.3) is 0 Å². The van der Waals surface area contributed by atoms with Crippen LogP contribution >= 0.6 is 0 Å². The first kappa shape index (κ1) is 8.28. The Morgan fingerprint density at radius 2 is 2.08 bits per heavy atom. The Balaban J connectivity index is 2.31. The van der Waals surface area contributed by atoms with Gasteiger partial charge in [0.15, 0.2) is 0 Å². The first-order valence-corrected chi connectivity index (χ1v) is 5.08. The number of aliphatic imine (C=N–C) groups is 1. The van der Waals surface area contributed by atoms with Gasteiger partial charge in [0.25, 0.3) is 0 Å². The van der Waals surface area contributed by atoms with Crippen molar-refractivity contribution >= 4 is 5.71 Å². The van der Waals surface area contributed by atoms with Crippen molar-refractivity contribution in [2.45, 2.75) is 33.6 Å². The summed E-state index contributed by atoms with van der Waals surface area (Å²) in [5.74, 6) is 2.71. The number of fused-ring (bicyclic) bond motifs is 1. The van der Waals surface area contributed by atoms with Gasteiger partial charge in [0.05, 0.1) is 0 Å². The van der Waals surface area contributed by atoms with Gasteiger partial charge in [-0.2, -0.15) is 0 Å². The van der Waals surface area contributed by atoms with E-state index in [0.29, 0.717) is 5.41 Å². The fraction of sp³-hybridized carbons (Fsp3) is 0.909. The normalized spacial score (nSPS) is 55.3. The van der Waals surface area contributed by atoms with Gasteiger partial charge in [-0.25, -0.2) is 0 Å². The Labute approximate surface area is 75.3 Å². The molecule has 0 radical (unpaired) electrons. The number of rotatable bonds is 0. The van der Waals surface area contributed by atoms with E-state index in [1.807, 2.05) is 7.05 Å². The standard InChI is InChI=1S/C11H19N/c1-7-8(2)11(3)9(7)5-6-10(11)12-4/h7-9H,5-6H2,1-4H3/b12-10-/t7?,8?,9-,11-/m0/s1. The minimum Gasteiger partial charge on any atom is -0.297 e. The second-order valence-corrected chi connectivity index (χ2v) is 4.75. The Morgan fingerprint density at radius 3 is 2.67 bits per heavy atom. The molecule has 1 heteroatoms. The minimum atomic E-state index is 0.480. The molecule has 2 rings (SSSR count). The molecule has 0 saturated heterocycles. The van der Waals surface area contributed by atoms with Gasteiger partial charge in [-0.1, -0.05) is 20.8 Å². The summed E-state index contributed by atoms with van der Waals surface area (Å²) < 4.78 is 0. The second kappa shape index (κ2) is 2.34. The molecule has 2 saturated carbocycles. The van der Waals surface area contributed by atoms with Crippen molar-refractivity contribution in [3.8, 4) is 0 Å². The molecular formula is C11H19N. The molecule has 2 aliphatic carbocycles. The van der Waals surface area contributed by atoms with E-state index >= 15 is 0 Å². The van der Waals surface area contributed by atoms with E-state index in [2.05, 4.69) is 25.8 Å². The van der Waals surface area contributed by atoms with Gasteiger partial charge in [-0.05, 0) is 30.6 Å². The molecule has 0 aliphatic heterocycles. The van der Waals surface area contributed by atoms with Crippen molar-refractivity contribution in [3.05, 3.63) is 0 Å². The van der Waals surface area contributed by atoms with Crippen LogP contribution in [-0.4, -0.2) is 12.8 Å². The molecule has 2 unspecified atom stereocenters. The van der Waals surface area contributed by atoms with E-state index in [4.69, 9.17) is 0 Å². The predicted molar refractivity (Wildman–Crippen MR) is 52.5 cm³/mol. The van der Waals surface area contributed by atoms with Gasteiger partial charge < -0.3 is 0 Å². The summed E-state index contributed by atoms with van der Waals surface area (Å²) in [6.07, 6.45) is 2.64. The topological polar surface area (TPSA) is 12.4 Å². The molecule has 2 fully saturated rings. The summed E-state index contributed by atoms with van der Waals surface area (Å²) in [4.78, 5) is 4.44. The highest BCUT2D eigenvalue weighted by Gasteiger charge is 2.59. The van der Waals surface area contributed by atoms with E-state index in [9.17, 15) is 0 Å². The lowest BCUT2D eigenvalue weighted by molar-refractivity contribution is -0.0210. The summed E-state index contributed by atoms with van der Waals surface area (Å²) in [5.41, 5.74) is 1.96. The lowest BCUT2D eigenvalue weighted by Crippen LogP contribution is -2.52. The molecule has 0 aromatic rings. The van der Waals surface area contributed by atoms with E-state index in [1.54, 1.807) is 0 Å². The van der Waals surface area contributed by atoms with Crippen LogP contribution in [0.15, 0.2) is 4.99 Å². The molecule has 0 amide bonds. The molecule has 0 aromatic heterocycles. The van der Waals surface area contributed by atoms with Crippen molar-refractivity contribution in [1.82, 2.24) is 0 Å². The molecule has 0 spiro atoms. The average molecular weight is 165 g/mol. The molecule has 68 valence electrons. The van der Waals surface area contributed by atoms with Crippen LogP contribution in [-0.2, 0) is 0 Å². The van der Waals surface area contributed by atoms with Crippen LogP contribution < -0.4 is 0 Å². The van der Waals surface area contributed by atoms with Crippen LogP contribution in [0.2, 0.25) is 0 Å². The summed E-state index contributed by atoms with van der Waals surface area (Å²) in [6.45, 7) is 7.20. The zero-order chi connectivity index (χ0) is 8.93. The Morgan fingerprint density at radius 1 is 1.42 bits per heavy atom.